The van der Waals surface area contributed by atoms with Gasteiger partial charge in [0.05, 0.1) is 0 Å². The fraction of sp³-hybridized carbons (Fsp3) is 0.600. The Bertz CT molecular complexity index is 72.7. The molecule has 0 fully saturated rings. The first kappa shape index (κ1) is 22.4. The summed E-state index contributed by atoms with van der Waals surface area (Å²) in [4.78, 5) is 9.33. The molecule has 0 amide bonds. The first-order valence-electron chi connectivity index (χ1n) is 2.27. The standard InChI is InChI=1S/C5H8O3.Rf.2W/c1-5(2)8-4-7-3-6;;;/h4-5H,1-2H3;;;/q-2;;;. The molecule has 0 aromatic carbocycles. The summed E-state index contributed by atoms with van der Waals surface area (Å²) in [5.74, 6) is 0. The van der Waals surface area contributed by atoms with E-state index in [1.807, 2.05) is 13.8 Å². The molecule has 0 N–H and O–H groups in total. The second-order valence-corrected chi connectivity index (χ2v) is 1.48. The van der Waals surface area contributed by atoms with Crippen LogP contribution in [0.2, 0.25) is 0 Å². The SMILES string of the molecule is CC(C)O[CH-]O[C-]=O.[Rf].[W].[W]. The first-order chi connectivity index (χ1) is 3.77. The first-order valence-corrected chi connectivity index (χ1v) is 2.27. The summed E-state index contributed by atoms with van der Waals surface area (Å²) >= 11 is 0. The molecule has 0 heterocycles. The Morgan fingerprint density at radius 1 is 1.36 bits per heavy atom. The molecule has 0 aliphatic carbocycles. The third-order valence-electron chi connectivity index (χ3n) is 0.424. The van der Waals surface area contributed by atoms with Gasteiger partial charge in [0.25, 0.3) is 0 Å². The molecule has 0 saturated carbocycles. The molecule has 0 aromatic rings. The number of carbonyl (C=O) groups excluding carboxylic acids is 1. The van der Waals surface area contributed by atoms with Crippen molar-refractivity contribution >= 4 is 6.47 Å². The van der Waals surface area contributed by atoms with Gasteiger partial charge < -0.3 is 14.3 Å². The van der Waals surface area contributed by atoms with E-state index in [4.69, 9.17) is 0 Å². The van der Waals surface area contributed by atoms with Gasteiger partial charge >= 0.3 is 0 Å². The van der Waals surface area contributed by atoms with Crippen molar-refractivity contribution in [2.24, 2.45) is 0 Å². The summed E-state index contributed by atoms with van der Waals surface area (Å²) in [5.41, 5.74) is 0. The largest absolute Gasteiger partial charge is 0.796 e. The smallest absolute Gasteiger partial charge is 0.0199 e. The van der Waals surface area contributed by atoms with Crippen LogP contribution in [-0.2, 0) is 56.4 Å². The molecule has 3 nitrogen and oxygen atoms in total. The van der Waals surface area contributed by atoms with Gasteiger partial charge in [0.2, 0.25) is 0 Å². The van der Waals surface area contributed by atoms with E-state index in [0.29, 0.717) is 0 Å². The maximum absolute atomic E-state index is 9.33. The summed E-state index contributed by atoms with van der Waals surface area (Å²) in [6.45, 7) is 5.80. The number of hydrogen-bond acceptors (Lipinski definition) is 3. The average molecular weight is 751 g/mol. The Kier molecular flexibility index (Phi) is 33.5. The Balaban J connectivity index is -0.0000000817. The van der Waals surface area contributed by atoms with Gasteiger partial charge in [-0.05, 0) is 13.8 Å². The van der Waals surface area contributed by atoms with Gasteiger partial charge in [-0.2, -0.15) is 0 Å². The molecular weight excluding hydrogens is 743 g/mol. The maximum Gasteiger partial charge on any atom is 0.0199 e. The van der Waals surface area contributed by atoms with Crippen molar-refractivity contribution in [2.75, 3.05) is 0 Å². The minimum Gasteiger partial charge on any atom is -0.796 e. The summed E-state index contributed by atoms with van der Waals surface area (Å²) < 4.78 is 8.66. The molecular formula is C5H8O3RfW2-2. The van der Waals surface area contributed by atoms with Crippen LogP contribution in [-0.4, -0.2) is 12.6 Å². The van der Waals surface area contributed by atoms with E-state index in [1.165, 1.54) is 6.47 Å². The van der Waals surface area contributed by atoms with E-state index < -0.39 is 0 Å². The Morgan fingerprint density at radius 2 is 1.82 bits per heavy atom. The van der Waals surface area contributed by atoms with Crippen molar-refractivity contribution in [2.45, 2.75) is 20.0 Å². The Morgan fingerprint density at radius 3 is 2.09 bits per heavy atom. The molecule has 0 atom stereocenters. The predicted molar refractivity (Wildman–Crippen MR) is 27.3 cm³/mol. The van der Waals surface area contributed by atoms with Gasteiger partial charge in [-0.25, -0.2) is 0 Å². The summed E-state index contributed by atoms with van der Waals surface area (Å²) in [5, 5.41) is 0. The average Bonchev–Trinajstić information content (AvgIpc) is 1.66. The van der Waals surface area contributed by atoms with E-state index >= 15 is 0 Å². The van der Waals surface area contributed by atoms with Gasteiger partial charge in [0, 0.05) is 48.2 Å². The van der Waals surface area contributed by atoms with E-state index in [0.717, 1.165) is 6.79 Å². The number of rotatable bonds is 4. The molecule has 0 spiro atoms. The molecule has 0 aromatic heterocycles. The van der Waals surface area contributed by atoms with Crippen LogP contribution in [0.3, 0.4) is 0 Å². The summed E-state index contributed by atoms with van der Waals surface area (Å²) in [6.07, 6.45) is 0.0448. The quantitative estimate of drug-likeness (QED) is 0.313. The van der Waals surface area contributed by atoms with Crippen LogP contribution in [0.15, 0.2) is 0 Å². The fourth-order valence-electron chi connectivity index (χ4n) is 0.159. The van der Waals surface area contributed by atoms with Gasteiger partial charge in [-0.1, -0.05) is 6.79 Å². The molecule has 0 saturated heterocycles. The third-order valence-corrected chi connectivity index (χ3v) is 0.424. The molecule has 62 valence electrons. The zero-order chi connectivity index (χ0) is 6.41. The van der Waals surface area contributed by atoms with Gasteiger partial charge in [0.15, 0.2) is 0 Å². The van der Waals surface area contributed by atoms with Crippen molar-refractivity contribution < 1.29 is 56.4 Å². The minimum absolute atomic E-state index is 0. The van der Waals surface area contributed by atoms with Crippen LogP contribution in [0, 0.1) is 6.79 Å². The molecule has 0 radical (unpaired) electrons. The molecule has 0 rings (SSSR count). The molecule has 0 unspecified atom stereocenters. The van der Waals surface area contributed by atoms with Crippen molar-refractivity contribution in [3.8, 4) is 0 Å². The molecule has 0 aliphatic heterocycles. The monoisotopic (exact) mass is 751 g/mol. The van der Waals surface area contributed by atoms with Crippen LogP contribution in [0.1, 0.15) is 13.8 Å². The number of ether oxygens (including phenoxy) is 2. The van der Waals surface area contributed by atoms with Crippen LogP contribution in [0.5, 0.6) is 0 Å². The molecule has 0 aliphatic rings. The Hall–Kier alpha value is -0.193. The zero-order valence-corrected chi connectivity index (χ0v) is 18.7. The zero-order valence-electron chi connectivity index (χ0n) is 6.40. The minimum atomic E-state index is 0. The van der Waals surface area contributed by atoms with Crippen molar-refractivity contribution in [1.29, 1.82) is 0 Å². The predicted octanol–water partition coefficient (Wildman–Crippen LogP) is 0.609. The van der Waals surface area contributed by atoms with Crippen molar-refractivity contribution in [1.82, 2.24) is 0 Å². The molecule has 6 heteroatoms. The number of hydrogen-bond donors (Lipinski definition) is 0. The van der Waals surface area contributed by atoms with E-state index in [1.54, 1.807) is 0 Å². The van der Waals surface area contributed by atoms with Gasteiger partial charge in [-0.15, -0.1) is 6.47 Å². The Labute approximate surface area is 89.4 Å². The van der Waals surface area contributed by atoms with E-state index in [-0.39, 0.29) is 48.2 Å². The summed E-state index contributed by atoms with van der Waals surface area (Å²) in [7, 11) is 0. The topological polar surface area (TPSA) is 35.5 Å². The van der Waals surface area contributed by atoms with Crippen molar-refractivity contribution in [3.05, 3.63) is 6.79 Å². The summed E-state index contributed by atoms with van der Waals surface area (Å²) in [6, 6.07) is 0. The molecule has 11 heavy (non-hydrogen) atoms. The fourth-order valence-corrected chi connectivity index (χ4v) is 0.159. The second-order valence-electron chi connectivity index (χ2n) is 1.48. The third kappa shape index (κ3) is 25.9. The second kappa shape index (κ2) is 16.4. The van der Waals surface area contributed by atoms with Gasteiger partial charge in [0.1, 0.15) is 0 Å². The van der Waals surface area contributed by atoms with Crippen LogP contribution < -0.4 is 0 Å². The van der Waals surface area contributed by atoms with Crippen LogP contribution in [0.25, 0.3) is 0 Å². The normalized spacial score (nSPS) is 6.82. The van der Waals surface area contributed by atoms with Crippen molar-refractivity contribution in [3.63, 3.8) is 0 Å². The van der Waals surface area contributed by atoms with Crippen LogP contribution in [0.4, 0.5) is 0 Å². The van der Waals surface area contributed by atoms with E-state index in [9.17, 15) is 4.79 Å². The van der Waals surface area contributed by atoms with Gasteiger partial charge in [-0.3, -0.25) is 0 Å². The molecule has 0 bridgehead atoms. The van der Waals surface area contributed by atoms with E-state index in [2.05, 4.69) is 9.47 Å². The maximum atomic E-state index is 9.33. The van der Waals surface area contributed by atoms with Crippen LogP contribution >= 0.6 is 0 Å².